The van der Waals surface area contributed by atoms with Crippen LogP contribution in [0, 0.1) is 13.8 Å². The molecule has 7 nitrogen and oxygen atoms in total. The Morgan fingerprint density at radius 1 is 1.27 bits per heavy atom. The zero-order chi connectivity index (χ0) is 21.5. The number of aryl methyl sites for hydroxylation is 2. The quantitative estimate of drug-likeness (QED) is 0.687. The first-order chi connectivity index (χ1) is 14.2. The monoisotopic (exact) mass is 418 g/mol. The van der Waals surface area contributed by atoms with E-state index in [1.54, 1.807) is 19.1 Å². The van der Waals surface area contributed by atoms with Crippen molar-refractivity contribution in [2.24, 2.45) is 0 Å². The van der Waals surface area contributed by atoms with Gasteiger partial charge in [0.25, 0.3) is 0 Å². The van der Waals surface area contributed by atoms with Gasteiger partial charge in [-0.2, -0.15) is 0 Å². The van der Waals surface area contributed by atoms with Crippen LogP contribution < -0.4 is 16.0 Å². The average molecular weight is 418 g/mol. The molecule has 2 heterocycles. The highest BCUT2D eigenvalue weighted by atomic mass is 19.3. The Hall–Kier alpha value is -2.97. The number of benzene rings is 1. The summed E-state index contributed by atoms with van der Waals surface area (Å²) in [7, 11) is 0. The maximum absolute atomic E-state index is 13.6. The van der Waals surface area contributed by atoms with E-state index >= 15 is 0 Å². The molecule has 1 aliphatic carbocycles. The van der Waals surface area contributed by atoms with Crippen molar-refractivity contribution >= 4 is 23.2 Å². The van der Waals surface area contributed by atoms with Gasteiger partial charge in [0.15, 0.2) is 0 Å². The van der Waals surface area contributed by atoms with Gasteiger partial charge in [-0.3, -0.25) is 9.59 Å². The van der Waals surface area contributed by atoms with Gasteiger partial charge in [0.05, 0.1) is 17.1 Å². The Morgan fingerprint density at radius 3 is 2.67 bits per heavy atom. The molecule has 2 amide bonds. The van der Waals surface area contributed by atoms with Crippen LogP contribution in [0.15, 0.2) is 22.7 Å². The molecule has 0 bridgehead atoms. The van der Waals surface area contributed by atoms with E-state index in [0.29, 0.717) is 42.1 Å². The van der Waals surface area contributed by atoms with Crippen molar-refractivity contribution in [2.45, 2.75) is 64.0 Å². The van der Waals surface area contributed by atoms with Crippen LogP contribution in [0.4, 0.5) is 20.2 Å². The number of carbonyl (C=O) groups is 2. The fraction of sp³-hybridized carbons (Fsp3) is 0.476. The van der Waals surface area contributed by atoms with E-state index in [9.17, 15) is 18.4 Å². The lowest BCUT2D eigenvalue weighted by atomic mass is 10.0. The third-order valence-electron chi connectivity index (χ3n) is 5.67. The van der Waals surface area contributed by atoms with Crippen LogP contribution >= 0.6 is 0 Å². The molecule has 2 aromatic rings. The molecule has 3 N–H and O–H groups in total. The first-order valence-electron chi connectivity index (χ1n) is 10.0. The third-order valence-corrected chi connectivity index (χ3v) is 5.67. The number of hydrogen-bond donors (Lipinski definition) is 3. The molecule has 1 saturated carbocycles. The average Bonchev–Trinajstić information content (AvgIpc) is 3.36. The van der Waals surface area contributed by atoms with Crippen LogP contribution in [0.25, 0.3) is 11.1 Å². The van der Waals surface area contributed by atoms with Gasteiger partial charge in [-0.1, -0.05) is 11.2 Å². The molecule has 1 aliphatic heterocycles. The minimum absolute atomic E-state index is 0.155. The lowest BCUT2D eigenvalue weighted by molar-refractivity contribution is -0.122. The number of nitrogens with one attached hydrogen (secondary N) is 3. The normalized spacial score (nSPS) is 22.7. The van der Waals surface area contributed by atoms with E-state index in [2.05, 4.69) is 21.1 Å². The highest BCUT2D eigenvalue weighted by Gasteiger charge is 2.39. The van der Waals surface area contributed by atoms with Gasteiger partial charge < -0.3 is 20.5 Å². The predicted octanol–water partition coefficient (Wildman–Crippen LogP) is 3.78. The number of halogens is 2. The molecule has 4 rings (SSSR count). The molecule has 2 fully saturated rings. The molecule has 1 aromatic heterocycles. The molecule has 0 spiro atoms. The molecular formula is C21H24F2N4O3. The maximum Gasteiger partial charge on any atom is 0.250 e. The summed E-state index contributed by atoms with van der Waals surface area (Å²) >= 11 is 0. The van der Waals surface area contributed by atoms with Crippen molar-refractivity contribution in [3.8, 4) is 11.1 Å². The fourth-order valence-electron chi connectivity index (χ4n) is 4.15. The summed E-state index contributed by atoms with van der Waals surface area (Å²) in [6, 6.07) is 4.39. The largest absolute Gasteiger partial charge is 0.380 e. The van der Waals surface area contributed by atoms with Gasteiger partial charge >= 0.3 is 0 Å². The maximum atomic E-state index is 13.6. The van der Waals surface area contributed by atoms with E-state index in [1.165, 1.54) is 0 Å². The zero-order valence-corrected chi connectivity index (χ0v) is 16.9. The van der Waals surface area contributed by atoms with Crippen LogP contribution in [-0.4, -0.2) is 35.0 Å². The van der Waals surface area contributed by atoms with Crippen molar-refractivity contribution in [3.63, 3.8) is 0 Å². The number of amides is 2. The lowest BCUT2D eigenvalue weighted by Gasteiger charge is -2.20. The first kappa shape index (κ1) is 20.3. The topological polar surface area (TPSA) is 96.3 Å². The highest BCUT2D eigenvalue weighted by Crippen LogP contribution is 2.38. The number of alkyl halides is 2. The number of hydrogen-bond acceptors (Lipinski definition) is 5. The van der Waals surface area contributed by atoms with E-state index in [0.717, 1.165) is 11.1 Å². The molecule has 30 heavy (non-hydrogen) atoms. The van der Waals surface area contributed by atoms with Crippen molar-refractivity contribution in [2.75, 3.05) is 10.6 Å². The molecule has 1 aromatic carbocycles. The molecule has 2 aliphatic rings. The van der Waals surface area contributed by atoms with E-state index in [1.807, 2.05) is 13.0 Å². The number of nitrogens with zero attached hydrogens (tertiary/aromatic N) is 1. The molecule has 0 unspecified atom stereocenters. The molecule has 9 heteroatoms. The summed E-state index contributed by atoms with van der Waals surface area (Å²) in [5.74, 6) is -2.53. The summed E-state index contributed by atoms with van der Waals surface area (Å²) in [4.78, 5) is 24.1. The van der Waals surface area contributed by atoms with Gasteiger partial charge in [0.1, 0.15) is 11.8 Å². The Bertz CT molecular complexity index is 969. The number of rotatable bonds is 5. The van der Waals surface area contributed by atoms with Crippen LogP contribution in [0.5, 0.6) is 0 Å². The Kier molecular flexibility index (Phi) is 5.21. The number of aromatic nitrogens is 1. The van der Waals surface area contributed by atoms with Crippen molar-refractivity contribution in [1.29, 1.82) is 0 Å². The van der Waals surface area contributed by atoms with Crippen LogP contribution in [0.1, 0.15) is 43.6 Å². The second kappa shape index (κ2) is 7.70. The van der Waals surface area contributed by atoms with Crippen molar-refractivity contribution in [3.05, 3.63) is 29.7 Å². The zero-order valence-electron chi connectivity index (χ0n) is 16.9. The minimum atomic E-state index is -2.67. The number of carbonyl (C=O) groups excluding carboxylic acids is 2. The van der Waals surface area contributed by atoms with Crippen molar-refractivity contribution < 1.29 is 22.9 Å². The van der Waals surface area contributed by atoms with Crippen LogP contribution in [0.3, 0.4) is 0 Å². The standard InChI is InChI=1S/C21H24F2N4O3/c1-11-19(12(2)30-27-11)13-3-4-15(24-14-7-8-21(22,23)10-14)17(9-13)26-20(29)16-5-6-18(28)25-16/h3-4,9,14,16,24H,5-8,10H2,1-2H3,(H,25,28)(H,26,29)/t14-,16+/m1/s1. The molecule has 1 saturated heterocycles. The van der Waals surface area contributed by atoms with Gasteiger partial charge in [-0.05, 0) is 44.4 Å². The fourth-order valence-corrected chi connectivity index (χ4v) is 4.15. The molecule has 0 radical (unpaired) electrons. The van der Waals surface area contributed by atoms with E-state index in [-0.39, 0.29) is 30.7 Å². The lowest BCUT2D eigenvalue weighted by Crippen LogP contribution is -2.37. The smallest absolute Gasteiger partial charge is 0.250 e. The molecular weight excluding hydrogens is 394 g/mol. The molecule has 160 valence electrons. The summed E-state index contributed by atoms with van der Waals surface area (Å²) < 4.78 is 32.5. The summed E-state index contributed by atoms with van der Waals surface area (Å²) in [5.41, 5.74) is 3.35. The molecule has 2 atom stereocenters. The Balaban J connectivity index is 1.63. The summed E-state index contributed by atoms with van der Waals surface area (Å²) in [6.45, 7) is 3.62. The summed E-state index contributed by atoms with van der Waals surface area (Å²) in [6.07, 6.45) is 0.679. The Labute approximate surface area is 172 Å². The van der Waals surface area contributed by atoms with Crippen molar-refractivity contribution in [1.82, 2.24) is 10.5 Å². The van der Waals surface area contributed by atoms with E-state index in [4.69, 9.17) is 4.52 Å². The highest BCUT2D eigenvalue weighted by molar-refractivity contribution is 6.01. The second-order valence-electron chi connectivity index (χ2n) is 8.05. The number of anilines is 2. The summed E-state index contributed by atoms with van der Waals surface area (Å²) in [5, 5.41) is 12.6. The minimum Gasteiger partial charge on any atom is -0.380 e. The second-order valence-corrected chi connectivity index (χ2v) is 8.05. The SMILES string of the molecule is Cc1noc(C)c1-c1ccc(N[C@@H]2CCC(F)(F)C2)c(NC(=O)[C@@H]2CCC(=O)N2)c1. The predicted molar refractivity (Wildman–Crippen MR) is 107 cm³/mol. The van der Waals surface area contributed by atoms with Crippen LogP contribution in [-0.2, 0) is 9.59 Å². The van der Waals surface area contributed by atoms with Gasteiger partial charge in [-0.15, -0.1) is 0 Å². The van der Waals surface area contributed by atoms with Gasteiger partial charge in [-0.25, -0.2) is 8.78 Å². The Morgan fingerprint density at radius 2 is 2.07 bits per heavy atom. The van der Waals surface area contributed by atoms with Gasteiger partial charge in [0, 0.05) is 30.9 Å². The van der Waals surface area contributed by atoms with Gasteiger partial charge in [0.2, 0.25) is 17.7 Å². The van der Waals surface area contributed by atoms with Crippen LogP contribution in [0.2, 0.25) is 0 Å². The third kappa shape index (κ3) is 4.15. The first-order valence-corrected chi connectivity index (χ1v) is 10.0. The van der Waals surface area contributed by atoms with E-state index < -0.39 is 12.0 Å².